The molecule has 0 atom stereocenters. The van der Waals surface area contributed by atoms with Crippen LogP contribution >= 0.6 is 0 Å². The predicted molar refractivity (Wildman–Crippen MR) is 154 cm³/mol. The zero-order valence-electron chi connectivity index (χ0n) is 20.2. The Balaban J connectivity index is 1.66. The number of fused-ring (bicyclic) bond motifs is 3. The van der Waals surface area contributed by atoms with Gasteiger partial charge in [0.2, 0.25) is 0 Å². The molecule has 1 aliphatic rings. The Hall–Kier alpha value is -4.34. The molecule has 3 heteroatoms. The average Bonchev–Trinajstić information content (AvgIpc) is 2.95. The molecule has 0 radical (unpaired) electrons. The molecule has 36 heavy (non-hydrogen) atoms. The number of rotatable bonds is 5. The molecular weight excluding hydrogens is 438 g/mol. The molecule has 0 fully saturated rings. The average molecular weight is 468 g/mol. The zero-order valence-corrected chi connectivity index (χ0v) is 20.2. The minimum atomic E-state index is 0.528. The van der Waals surface area contributed by atoms with Crippen molar-refractivity contribution in [1.82, 2.24) is 0 Å². The molecule has 0 aromatic heterocycles. The van der Waals surface area contributed by atoms with Gasteiger partial charge in [-0.3, -0.25) is 0 Å². The number of para-hydroxylation sites is 1. The highest BCUT2D eigenvalue weighted by molar-refractivity contribution is 6.18. The van der Waals surface area contributed by atoms with E-state index in [2.05, 4.69) is 114 Å². The van der Waals surface area contributed by atoms with E-state index in [1.807, 2.05) is 6.07 Å². The molecule has 0 saturated heterocycles. The van der Waals surface area contributed by atoms with Crippen molar-refractivity contribution in [2.75, 3.05) is 10.6 Å². The van der Waals surface area contributed by atoms with Crippen LogP contribution in [0.4, 0.5) is 17.1 Å². The van der Waals surface area contributed by atoms with Crippen LogP contribution < -0.4 is 16.4 Å². The number of nitrogens with zero attached hydrogens (tertiary/aromatic N) is 1. The Bertz CT molecular complexity index is 1630. The van der Waals surface area contributed by atoms with Gasteiger partial charge in [-0.05, 0) is 82.1 Å². The minimum absolute atomic E-state index is 0.528. The number of nitrogen functional groups attached to an aromatic ring is 1. The lowest BCUT2D eigenvalue weighted by molar-refractivity contribution is 0.920. The van der Waals surface area contributed by atoms with Crippen LogP contribution in [0.15, 0.2) is 121 Å². The summed E-state index contributed by atoms with van der Waals surface area (Å²) in [7, 11) is 0. The van der Waals surface area contributed by atoms with E-state index in [4.69, 9.17) is 11.5 Å². The summed E-state index contributed by atoms with van der Waals surface area (Å²) in [6.45, 7) is 0.528. The van der Waals surface area contributed by atoms with E-state index < -0.39 is 0 Å². The quantitative estimate of drug-likeness (QED) is 0.203. The molecule has 4 N–H and O–H groups in total. The first-order chi connectivity index (χ1) is 17.7. The Kier molecular flexibility index (Phi) is 5.76. The first kappa shape index (κ1) is 22.1. The van der Waals surface area contributed by atoms with Gasteiger partial charge in [-0.15, -0.1) is 0 Å². The molecule has 0 spiro atoms. The van der Waals surface area contributed by atoms with Gasteiger partial charge < -0.3 is 16.4 Å². The highest BCUT2D eigenvalue weighted by Crippen LogP contribution is 2.44. The third kappa shape index (κ3) is 3.94. The SMILES string of the molecule is NCc1cccc(-c2ccc3ccc4ccc(N)c(N(C5=CC=CCC5)c5ccccc5)c4c3c2)c1. The molecule has 0 aliphatic heterocycles. The Morgan fingerprint density at radius 2 is 1.53 bits per heavy atom. The number of allylic oxidation sites excluding steroid dienone is 4. The molecule has 5 aromatic carbocycles. The van der Waals surface area contributed by atoms with E-state index in [0.29, 0.717) is 6.54 Å². The number of anilines is 3. The lowest BCUT2D eigenvalue weighted by Crippen LogP contribution is -2.19. The Morgan fingerprint density at radius 1 is 0.750 bits per heavy atom. The standard InChI is InChI=1S/C33H29N3/c34-22-23-8-7-9-26(20-23)27-17-15-24-14-16-25-18-19-31(35)33(32(25)30(24)21-27)36(28-10-3-1-4-11-28)29-12-5-2-6-13-29/h1-5,7-12,14-21H,6,13,22,34-35H2. The molecule has 0 unspecified atom stereocenters. The first-order valence-electron chi connectivity index (χ1n) is 12.5. The van der Waals surface area contributed by atoms with E-state index >= 15 is 0 Å². The van der Waals surface area contributed by atoms with Crippen LogP contribution in [0.25, 0.3) is 32.7 Å². The number of benzene rings is 5. The third-order valence-electron chi connectivity index (χ3n) is 7.02. The van der Waals surface area contributed by atoms with E-state index in [1.54, 1.807) is 0 Å². The van der Waals surface area contributed by atoms with Gasteiger partial charge in [-0.25, -0.2) is 0 Å². The molecule has 6 rings (SSSR count). The van der Waals surface area contributed by atoms with Crippen molar-refractivity contribution in [3.05, 3.63) is 127 Å². The van der Waals surface area contributed by atoms with Crippen molar-refractivity contribution in [1.29, 1.82) is 0 Å². The van der Waals surface area contributed by atoms with Crippen molar-refractivity contribution in [2.45, 2.75) is 19.4 Å². The van der Waals surface area contributed by atoms with Crippen molar-refractivity contribution < 1.29 is 0 Å². The van der Waals surface area contributed by atoms with Crippen molar-refractivity contribution in [2.24, 2.45) is 5.73 Å². The summed E-state index contributed by atoms with van der Waals surface area (Å²) < 4.78 is 0. The van der Waals surface area contributed by atoms with Crippen LogP contribution in [-0.4, -0.2) is 0 Å². The lowest BCUT2D eigenvalue weighted by Gasteiger charge is -2.31. The van der Waals surface area contributed by atoms with Crippen LogP contribution in [0.3, 0.4) is 0 Å². The monoisotopic (exact) mass is 467 g/mol. The van der Waals surface area contributed by atoms with Crippen molar-refractivity contribution >= 4 is 38.6 Å². The van der Waals surface area contributed by atoms with Crippen LogP contribution in [0, 0.1) is 0 Å². The van der Waals surface area contributed by atoms with Crippen LogP contribution in [0.2, 0.25) is 0 Å². The van der Waals surface area contributed by atoms with Crippen molar-refractivity contribution in [3.63, 3.8) is 0 Å². The summed E-state index contributed by atoms with van der Waals surface area (Å²) in [5.41, 5.74) is 20.4. The lowest BCUT2D eigenvalue weighted by atomic mass is 9.94. The van der Waals surface area contributed by atoms with Gasteiger partial charge in [0, 0.05) is 23.3 Å². The van der Waals surface area contributed by atoms with E-state index in [9.17, 15) is 0 Å². The topological polar surface area (TPSA) is 55.3 Å². The van der Waals surface area contributed by atoms with Gasteiger partial charge in [-0.2, -0.15) is 0 Å². The normalized spacial score (nSPS) is 13.2. The molecular formula is C33H29N3. The summed E-state index contributed by atoms with van der Waals surface area (Å²) in [5, 5.41) is 4.73. The molecule has 0 amide bonds. The van der Waals surface area contributed by atoms with Gasteiger partial charge in [0.1, 0.15) is 0 Å². The van der Waals surface area contributed by atoms with E-state index in [0.717, 1.165) is 35.5 Å². The summed E-state index contributed by atoms with van der Waals surface area (Å²) in [6, 6.07) is 34.3. The number of hydrogen-bond acceptors (Lipinski definition) is 3. The second kappa shape index (κ2) is 9.37. The maximum Gasteiger partial charge on any atom is 0.0773 e. The van der Waals surface area contributed by atoms with Crippen LogP contribution in [-0.2, 0) is 6.54 Å². The molecule has 0 bridgehead atoms. The fourth-order valence-corrected chi connectivity index (χ4v) is 5.23. The maximum absolute atomic E-state index is 6.81. The van der Waals surface area contributed by atoms with Crippen LogP contribution in [0.5, 0.6) is 0 Å². The second-order valence-corrected chi connectivity index (χ2v) is 9.30. The number of hydrogen-bond donors (Lipinski definition) is 2. The summed E-state index contributed by atoms with van der Waals surface area (Å²) >= 11 is 0. The van der Waals surface area contributed by atoms with E-state index in [-0.39, 0.29) is 0 Å². The molecule has 1 aliphatic carbocycles. The number of nitrogens with two attached hydrogens (primary N) is 2. The van der Waals surface area contributed by atoms with Crippen LogP contribution in [0.1, 0.15) is 18.4 Å². The fraction of sp³-hybridized carbons (Fsp3) is 0.0909. The van der Waals surface area contributed by atoms with Gasteiger partial charge in [0.25, 0.3) is 0 Å². The third-order valence-corrected chi connectivity index (χ3v) is 7.02. The van der Waals surface area contributed by atoms with Gasteiger partial charge in [0.05, 0.1) is 11.4 Å². The zero-order chi connectivity index (χ0) is 24.5. The predicted octanol–water partition coefficient (Wildman–Crippen LogP) is 8.07. The van der Waals surface area contributed by atoms with Gasteiger partial charge >= 0.3 is 0 Å². The first-order valence-corrected chi connectivity index (χ1v) is 12.5. The fourth-order valence-electron chi connectivity index (χ4n) is 5.23. The molecule has 3 nitrogen and oxygen atoms in total. The molecule has 0 heterocycles. The van der Waals surface area contributed by atoms with Crippen molar-refractivity contribution in [3.8, 4) is 11.1 Å². The summed E-state index contributed by atoms with van der Waals surface area (Å²) in [4.78, 5) is 2.35. The highest BCUT2D eigenvalue weighted by atomic mass is 15.2. The summed E-state index contributed by atoms with van der Waals surface area (Å²) in [6.07, 6.45) is 8.56. The van der Waals surface area contributed by atoms with E-state index in [1.165, 1.54) is 38.4 Å². The Labute approximate surface area is 212 Å². The Morgan fingerprint density at radius 3 is 2.33 bits per heavy atom. The smallest absolute Gasteiger partial charge is 0.0773 e. The molecule has 5 aromatic rings. The highest BCUT2D eigenvalue weighted by Gasteiger charge is 2.21. The maximum atomic E-state index is 6.81. The largest absolute Gasteiger partial charge is 0.397 e. The molecule has 176 valence electrons. The molecule has 0 saturated carbocycles. The van der Waals surface area contributed by atoms with Gasteiger partial charge in [-0.1, -0.05) is 78.9 Å². The second-order valence-electron chi connectivity index (χ2n) is 9.30. The van der Waals surface area contributed by atoms with Gasteiger partial charge in [0.15, 0.2) is 0 Å². The minimum Gasteiger partial charge on any atom is -0.397 e. The summed E-state index contributed by atoms with van der Waals surface area (Å²) in [5.74, 6) is 0.